The van der Waals surface area contributed by atoms with Crippen molar-refractivity contribution in [3.63, 3.8) is 0 Å². The molecule has 3 atom stereocenters. The highest BCUT2D eigenvalue weighted by Gasteiger charge is 2.27. The fourth-order valence-electron chi connectivity index (χ4n) is 5.43. The SMILES string of the molecule is CCCCCCCC/C=C/C/C=C/CCCCC(=O)O[C@H](COC(=O)CCCCCCCCCCCCCCC)COP(=O)(O)OC[C@@H](O)CO. The Hall–Kier alpha value is -1.55. The summed E-state index contributed by atoms with van der Waals surface area (Å²) < 4.78 is 32.6. The molecule has 1 unspecified atom stereocenters. The van der Waals surface area contributed by atoms with Crippen LogP contribution in [0.5, 0.6) is 0 Å². The number of carbonyl (C=O) groups is 2. The number of allylic oxidation sites excluding steroid dienone is 4. The molecule has 0 aliphatic rings. The minimum absolute atomic E-state index is 0.144. The van der Waals surface area contributed by atoms with Crippen molar-refractivity contribution in [2.75, 3.05) is 26.4 Å². The molecule has 0 spiro atoms. The lowest BCUT2D eigenvalue weighted by Crippen LogP contribution is -2.29. The molecule has 0 aromatic heterocycles. The van der Waals surface area contributed by atoms with Crippen LogP contribution in [0.25, 0.3) is 0 Å². The van der Waals surface area contributed by atoms with Crippen molar-refractivity contribution in [2.24, 2.45) is 0 Å². The van der Waals surface area contributed by atoms with Gasteiger partial charge in [-0.3, -0.25) is 18.6 Å². The summed E-state index contributed by atoms with van der Waals surface area (Å²) in [7, 11) is -4.62. The standard InChI is InChI=1S/C40H75O10P/c1-3-5-7-9-11-13-15-17-18-20-22-24-26-28-30-32-40(44)50-38(36-49-51(45,46)48-34-37(42)33-41)35-47-39(43)31-29-27-25-23-21-19-16-14-12-10-8-6-4-2/h17-18,22,24,37-38,41-42H,3-16,19-21,23,25-36H2,1-2H3,(H,45,46)/b18-17+,24-22+/t37-,38+/m0/s1. The van der Waals surface area contributed by atoms with Gasteiger partial charge in [-0.15, -0.1) is 0 Å². The Morgan fingerprint density at radius 3 is 1.55 bits per heavy atom. The first-order chi connectivity index (χ1) is 24.7. The molecule has 0 heterocycles. The van der Waals surface area contributed by atoms with Gasteiger partial charge >= 0.3 is 19.8 Å². The monoisotopic (exact) mass is 747 g/mol. The third kappa shape index (κ3) is 36.6. The highest BCUT2D eigenvalue weighted by atomic mass is 31.2. The first kappa shape index (κ1) is 49.5. The van der Waals surface area contributed by atoms with Crippen molar-refractivity contribution in [3.05, 3.63) is 24.3 Å². The van der Waals surface area contributed by atoms with Gasteiger partial charge in [0.15, 0.2) is 6.10 Å². The lowest BCUT2D eigenvalue weighted by atomic mass is 10.0. The molecule has 0 aliphatic carbocycles. The predicted molar refractivity (Wildman–Crippen MR) is 205 cm³/mol. The molecule has 300 valence electrons. The maximum Gasteiger partial charge on any atom is 0.472 e. The molecule has 0 aromatic rings. The molecular weight excluding hydrogens is 671 g/mol. The van der Waals surface area contributed by atoms with Crippen molar-refractivity contribution >= 4 is 19.8 Å². The second-order valence-electron chi connectivity index (χ2n) is 13.7. The maximum atomic E-state index is 12.6. The Labute approximate surface area is 310 Å². The molecule has 0 fully saturated rings. The quantitative estimate of drug-likeness (QED) is 0.0241. The second-order valence-corrected chi connectivity index (χ2v) is 15.1. The summed E-state index contributed by atoms with van der Waals surface area (Å²) in [5, 5.41) is 18.3. The van der Waals surface area contributed by atoms with Gasteiger partial charge in [0.1, 0.15) is 12.7 Å². The van der Waals surface area contributed by atoms with E-state index in [0.717, 1.165) is 44.9 Å². The summed E-state index contributed by atoms with van der Waals surface area (Å²) >= 11 is 0. The van der Waals surface area contributed by atoms with Crippen LogP contribution < -0.4 is 0 Å². The molecule has 51 heavy (non-hydrogen) atoms. The van der Waals surface area contributed by atoms with Crippen LogP contribution in [0.2, 0.25) is 0 Å². The van der Waals surface area contributed by atoms with Crippen molar-refractivity contribution in [2.45, 2.75) is 193 Å². The molecule has 0 saturated heterocycles. The number of hydrogen-bond donors (Lipinski definition) is 3. The Morgan fingerprint density at radius 1 is 0.588 bits per heavy atom. The number of aliphatic hydroxyl groups excluding tert-OH is 2. The number of ether oxygens (including phenoxy) is 2. The van der Waals surface area contributed by atoms with E-state index in [4.69, 9.17) is 19.1 Å². The molecule has 3 N–H and O–H groups in total. The smallest absolute Gasteiger partial charge is 0.462 e. The zero-order chi connectivity index (χ0) is 37.7. The van der Waals surface area contributed by atoms with E-state index < -0.39 is 51.8 Å². The van der Waals surface area contributed by atoms with Gasteiger partial charge < -0.3 is 24.6 Å². The molecule has 0 amide bonds. The highest BCUT2D eigenvalue weighted by Crippen LogP contribution is 2.43. The Morgan fingerprint density at radius 2 is 1.02 bits per heavy atom. The molecule has 0 bridgehead atoms. The van der Waals surface area contributed by atoms with Crippen LogP contribution in [-0.2, 0) is 32.7 Å². The van der Waals surface area contributed by atoms with Crippen LogP contribution >= 0.6 is 7.82 Å². The van der Waals surface area contributed by atoms with Gasteiger partial charge in [0.05, 0.1) is 19.8 Å². The minimum Gasteiger partial charge on any atom is -0.462 e. The summed E-state index contributed by atoms with van der Waals surface area (Å²) in [4.78, 5) is 34.8. The zero-order valence-electron chi connectivity index (χ0n) is 32.3. The molecule has 0 aliphatic heterocycles. The number of aliphatic hydroxyl groups is 2. The summed E-state index contributed by atoms with van der Waals surface area (Å²) in [6, 6.07) is 0. The Kier molecular flexibility index (Phi) is 35.7. The van der Waals surface area contributed by atoms with E-state index in [2.05, 4.69) is 42.7 Å². The fraction of sp³-hybridized carbons (Fsp3) is 0.850. The summed E-state index contributed by atoms with van der Waals surface area (Å²) in [5.74, 6) is -0.959. The van der Waals surface area contributed by atoms with E-state index in [1.165, 1.54) is 96.3 Å². The molecule has 11 heteroatoms. The van der Waals surface area contributed by atoms with Crippen LogP contribution in [0.4, 0.5) is 0 Å². The fourth-order valence-corrected chi connectivity index (χ4v) is 6.22. The summed E-state index contributed by atoms with van der Waals surface area (Å²) in [6.45, 7) is 2.33. The lowest BCUT2D eigenvalue weighted by molar-refractivity contribution is -0.161. The predicted octanol–water partition coefficient (Wildman–Crippen LogP) is 10.2. The maximum absolute atomic E-state index is 12.6. The number of phosphoric ester groups is 1. The van der Waals surface area contributed by atoms with Gasteiger partial charge in [-0.2, -0.15) is 0 Å². The van der Waals surface area contributed by atoms with Crippen molar-refractivity contribution in [3.8, 4) is 0 Å². The number of carbonyl (C=O) groups excluding carboxylic acids is 2. The van der Waals surface area contributed by atoms with Crippen LogP contribution in [0.3, 0.4) is 0 Å². The summed E-state index contributed by atoms with van der Waals surface area (Å²) in [5.41, 5.74) is 0. The lowest BCUT2D eigenvalue weighted by Gasteiger charge is -2.20. The Bertz CT molecular complexity index is 910. The zero-order valence-corrected chi connectivity index (χ0v) is 33.2. The molecule has 0 aromatic carbocycles. The van der Waals surface area contributed by atoms with E-state index >= 15 is 0 Å². The molecule has 0 saturated carbocycles. The molecule has 0 radical (unpaired) electrons. The van der Waals surface area contributed by atoms with E-state index in [0.29, 0.717) is 12.8 Å². The van der Waals surface area contributed by atoms with E-state index in [9.17, 15) is 24.2 Å². The van der Waals surface area contributed by atoms with Gasteiger partial charge in [-0.1, -0.05) is 147 Å². The van der Waals surface area contributed by atoms with Crippen LogP contribution in [0, 0.1) is 0 Å². The van der Waals surface area contributed by atoms with E-state index in [1.807, 2.05) is 0 Å². The van der Waals surface area contributed by atoms with Gasteiger partial charge in [0, 0.05) is 12.8 Å². The number of hydrogen-bond acceptors (Lipinski definition) is 9. The third-order valence-corrected chi connectivity index (χ3v) is 9.56. The molecule has 10 nitrogen and oxygen atoms in total. The van der Waals surface area contributed by atoms with Crippen molar-refractivity contribution in [1.29, 1.82) is 0 Å². The number of unbranched alkanes of at least 4 members (excludes halogenated alkanes) is 20. The van der Waals surface area contributed by atoms with Gasteiger partial charge in [-0.05, 0) is 44.9 Å². The number of esters is 2. The van der Waals surface area contributed by atoms with Gasteiger partial charge in [-0.25, -0.2) is 4.57 Å². The number of rotatable bonds is 38. The molecular formula is C40H75O10P. The largest absolute Gasteiger partial charge is 0.472 e. The minimum atomic E-state index is -4.62. The highest BCUT2D eigenvalue weighted by molar-refractivity contribution is 7.47. The first-order valence-electron chi connectivity index (χ1n) is 20.3. The topological polar surface area (TPSA) is 149 Å². The van der Waals surface area contributed by atoms with Gasteiger partial charge in [0.2, 0.25) is 0 Å². The normalized spacial score (nSPS) is 14.2. The molecule has 0 rings (SSSR count). The van der Waals surface area contributed by atoms with Crippen molar-refractivity contribution in [1.82, 2.24) is 0 Å². The average Bonchev–Trinajstić information content (AvgIpc) is 3.12. The third-order valence-electron chi connectivity index (χ3n) is 8.61. The summed E-state index contributed by atoms with van der Waals surface area (Å²) in [6.07, 6.45) is 34.3. The second kappa shape index (κ2) is 36.8. The van der Waals surface area contributed by atoms with Crippen LogP contribution in [-0.4, -0.2) is 65.7 Å². The first-order valence-corrected chi connectivity index (χ1v) is 21.8. The van der Waals surface area contributed by atoms with E-state index in [-0.39, 0.29) is 19.4 Å². The van der Waals surface area contributed by atoms with Gasteiger partial charge in [0.25, 0.3) is 0 Å². The van der Waals surface area contributed by atoms with Crippen LogP contribution in [0.15, 0.2) is 24.3 Å². The average molecular weight is 747 g/mol. The van der Waals surface area contributed by atoms with Crippen molar-refractivity contribution < 1.29 is 47.8 Å². The number of phosphoric acid groups is 1. The Balaban J connectivity index is 4.39. The van der Waals surface area contributed by atoms with Crippen LogP contribution in [0.1, 0.15) is 181 Å². The van der Waals surface area contributed by atoms with E-state index in [1.54, 1.807) is 0 Å².